The lowest BCUT2D eigenvalue weighted by Gasteiger charge is -2.25. The number of nitrogens with one attached hydrogen (secondary N) is 1. The summed E-state index contributed by atoms with van der Waals surface area (Å²) in [6.07, 6.45) is 0. The first-order valence-electron chi connectivity index (χ1n) is 6.34. The number of carboxylic acid groups (broad SMARTS) is 1. The summed E-state index contributed by atoms with van der Waals surface area (Å²) in [4.78, 5) is 33.9. The topological polar surface area (TPSA) is 128 Å². The lowest BCUT2D eigenvalue weighted by atomic mass is 10.0. The van der Waals surface area contributed by atoms with Gasteiger partial charge in [0, 0.05) is 12.7 Å². The van der Waals surface area contributed by atoms with Gasteiger partial charge in [0.05, 0.1) is 6.61 Å². The first-order chi connectivity index (χ1) is 10.3. The molecule has 120 valence electrons. The highest BCUT2D eigenvalue weighted by atomic mass is 16.5. The van der Waals surface area contributed by atoms with Gasteiger partial charge in [-0.25, -0.2) is 4.79 Å². The Labute approximate surface area is 127 Å². The number of hydrogen-bond acceptors (Lipinski definition) is 5. The van der Waals surface area contributed by atoms with Crippen molar-refractivity contribution in [2.24, 2.45) is 5.73 Å². The zero-order valence-electron chi connectivity index (χ0n) is 12.3. The number of ether oxygens (including phenoxy) is 2. The number of hydrogen-bond donors (Lipinski definition) is 3. The van der Waals surface area contributed by atoms with Crippen LogP contribution in [0.5, 0.6) is 5.75 Å². The number of amides is 2. The maximum atomic E-state index is 12.1. The van der Waals surface area contributed by atoms with Crippen LogP contribution in [0.4, 0.5) is 0 Å². The molecule has 0 aliphatic heterocycles. The second kappa shape index (κ2) is 7.41. The van der Waals surface area contributed by atoms with Crippen LogP contribution in [0.15, 0.2) is 24.3 Å². The van der Waals surface area contributed by atoms with E-state index >= 15 is 0 Å². The van der Waals surface area contributed by atoms with Crippen molar-refractivity contribution in [2.45, 2.75) is 12.5 Å². The minimum atomic E-state index is -1.53. The normalized spacial score (nSPS) is 13.0. The molecule has 1 rings (SSSR count). The predicted molar refractivity (Wildman–Crippen MR) is 76.5 cm³/mol. The quantitative estimate of drug-likeness (QED) is 0.608. The van der Waals surface area contributed by atoms with Gasteiger partial charge in [0.15, 0.2) is 12.1 Å². The highest BCUT2D eigenvalue weighted by molar-refractivity contribution is 5.97. The Hall–Kier alpha value is -2.61. The summed E-state index contributed by atoms with van der Waals surface area (Å²) in [6, 6.07) is 5.85. The fourth-order valence-corrected chi connectivity index (χ4v) is 1.62. The summed E-state index contributed by atoms with van der Waals surface area (Å²) in [5.74, 6) is -2.01. The van der Waals surface area contributed by atoms with E-state index in [1.165, 1.54) is 38.3 Å². The molecule has 1 atom stereocenters. The third kappa shape index (κ3) is 4.74. The summed E-state index contributed by atoms with van der Waals surface area (Å²) >= 11 is 0. The molecule has 1 aromatic rings. The van der Waals surface area contributed by atoms with Crippen molar-refractivity contribution in [3.05, 3.63) is 29.8 Å². The van der Waals surface area contributed by atoms with Gasteiger partial charge in [0.1, 0.15) is 5.75 Å². The fourth-order valence-electron chi connectivity index (χ4n) is 1.62. The van der Waals surface area contributed by atoms with Crippen LogP contribution in [-0.4, -0.2) is 48.8 Å². The fraction of sp³-hybridized carbons (Fsp3) is 0.357. The molecule has 2 amide bonds. The van der Waals surface area contributed by atoms with Gasteiger partial charge in [-0.05, 0) is 31.2 Å². The lowest BCUT2D eigenvalue weighted by molar-refractivity contribution is -0.145. The largest absolute Gasteiger partial charge is 0.484 e. The van der Waals surface area contributed by atoms with E-state index in [2.05, 4.69) is 5.32 Å². The number of nitrogens with two attached hydrogens (primary N) is 1. The van der Waals surface area contributed by atoms with Gasteiger partial charge < -0.3 is 25.6 Å². The Morgan fingerprint density at radius 3 is 2.32 bits per heavy atom. The van der Waals surface area contributed by atoms with Crippen LogP contribution < -0.4 is 15.8 Å². The monoisotopic (exact) mass is 310 g/mol. The van der Waals surface area contributed by atoms with E-state index in [1.54, 1.807) is 0 Å². The molecule has 0 aliphatic carbocycles. The van der Waals surface area contributed by atoms with Crippen molar-refractivity contribution in [2.75, 3.05) is 20.3 Å². The number of aliphatic carboxylic acids is 1. The summed E-state index contributed by atoms with van der Waals surface area (Å²) < 4.78 is 9.88. The van der Waals surface area contributed by atoms with E-state index in [4.69, 9.17) is 20.3 Å². The van der Waals surface area contributed by atoms with Crippen molar-refractivity contribution in [1.82, 2.24) is 5.32 Å². The van der Waals surface area contributed by atoms with Gasteiger partial charge in [-0.15, -0.1) is 0 Å². The molecule has 0 saturated heterocycles. The number of methoxy groups -OCH3 is 1. The van der Waals surface area contributed by atoms with E-state index in [1.807, 2.05) is 0 Å². The smallest absolute Gasteiger partial charge is 0.331 e. The molecule has 0 aliphatic rings. The highest BCUT2D eigenvalue weighted by Gasteiger charge is 2.35. The van der Waals surface area contributed by atoms with Gasteiger partial charge >= 0.3 is 5.97 Å². The number of carbonyl (C=O) groups is 3. The van der Waals surface area contributed by atoms with Crippen molar-refractivity contribution in [3.63, 3.8) is 0 Å². The molecule has 8 heteroatoms. The van der Waals surface area contributed by atoms with Gasteiger partial charge in [-0.1, -0.05) is 0 Å². The van der Waals surface area contributed by atoms with E-state index < -0.39 is 23.3 Å². The Kier molecular flexibility index (Phi) is 5.88. The SMILES string of the molecule is COCC(C)(NC(=O)c1ccc(OCC(N)=O)cc1)C(=O)O. The summed E-state index contributed by atoms with van der Waals surface area (Å²) in [5.41, 5.74) is 3.66. The van der Waals surface area contributed by atoms with E-state index in [0.29, 0.717) is 5.75 Å². The molecule has 0 saturated carbocycles. The molecule has 1 unspecified atom stereocenters. The molecule has 8 nitrogen and oxygen atoms in total. The van der Waals surface area contributed by atoms with Crippen molar-refractivity contribution in [1.29, 1.82) is 0 Å². The number of carbonyl (C=O) groups excluding carboxylic acids is 2. The average molecular weight is 310 g/mol. The van der Waals surface area contributed by atoms with Crippen LogP contribution in [0.25, 0.3) is 0 Å². The van der Waals surface area contributed by atoms with E-state index in [9.17, 15) is 14.4 Å². The molecular formula is C14H18N2O6. The van der Waals surface area contributed by atoms with Crippen LogP contribution in [0.1, 0.15) is 17.3 Å². The minimum Gasteiger partial charge on any atom is -0.484 e. The van der Waals surface area contributed by atoms with Crippen molar-refractivity contribution >= 4 is 17.8 Å². The Morgan fingerprint density at radius 1 is 1.27 bits per heavy atom. The molecule has 0 fully saturated rings. The molecule has 0 bridgehead atoms. The Bertz CT molecular complexity index is 557. The number of benzene rings is 1. The lowest BCUT2D eigenvalue weighted by Crippen LogP contribution is -2.55. The van der Waals surface area contributed by atoms with Crippen molar-refractivity contribution < 1.29 is 29.0 Å². The van der Waals surface area contributed by atoms with Gasteiger partial charge in [-0.3, -0.25) is 9.59 Å². The second-order valence-electron chi connectivity index (χ2n) is 4.80. The summed E-state index contributed by atoms with van der Waals surface area (Å²) in [6.45, 7) is 0.908. The van der Waals surface area contributed by atoms with Gasteiger partial charge in [-0.2, -0.15) is 0 Å². The zero-order chi connectivity index (χ0) is 16.8. The highest BCUT2D eigenvalue weighted by Crippen LogP contribution is 2.13. The molecule has 1 aromatic carbocycles. The van der Waals surface area contributed by atoms with Crippen LogP contribution in [-0.2, 0) is 14.3 Å². The maximum absolute atomic E-state index is 12.1. The molecule has 0 radical (unpaired) electrons. The number of primary amides is 1. The number of carboxylic acids is 1. The first kappa shape index (κ1) is 17.4. The average Bonchev–Trinajstić information content (AvgIpc) is 2.45. The van der Waals surface area contributed by atoms with E-state index in [-0.39, 0.29) is 18.8 Å². The van der Waals surface area contributed by atoms with Crippen LogP contribution >= 0.6 is 0 Å². The van der Waals surface area contributed by atoms with Crippen LogP contribution in [0, 0.1) is 0 Å². The molecule has 4 N–H and O–H groups in total. The van der Waals surface area contributed by atoms with Gasteiger partial charge in [0.2, 0.25) is 0 Å². The van der Waals surface area contributed by atoms with Crippen molar-refractivity contribution in [3.8, 4) is 5.75 Å². The summed E-state index contributed by atoms with van der Waals surface area (Å²) in [5, 5.41) is 11.6. The van der Waals surface area contributed by atoms with Crippen LogP contribution in [0.2, 0.25) is 0 Å². The third-order valence-corrected chi connectivity index (χ3v) is 2.79. The minimum absolute atomic E-state index is 0.173. The Morgan fingerprint density at radius 2 is 1.86 bits per heavy atom. The Balaban J connectivity index is 2.77. The van der Waals surface area contributed by atoms with E-state index in [0.717, 1.165) is 0 Å². The van der Waals surface area contributed by atoms with Crippen LogP contribution in [0.3, 0.4) is 0 Å². The molecule has 0 heterocycles. The maximum Gasteiger partial charge on any atom is 0.331 e. The molecule has 0 aromatic heterocycles. The standard InChI is InChI=1S/C14H18N2O6/c1-14(8-21-2,13(19)20)16-12(18)9-3-5-10(6-4-9)22-7-11(15)17/h3-6H,7-8H2,1-2H3,(H2,15,17)(H,16,18)(H,19,20). The molecule has 22 heavy (non-hydrogen) atoms. The third-order valence-electron chi connectivity index (χ3n) is 2.79. The predicted octanol–water partition coefficient (Wildman–Crippen LogP) is -0.230. The zero-order valence-corrected chi connectivity index (χ0v) is 12.3. The molecular weight excluding hydrogens is 292 g/mol. The first-order valence-corrected chi connectivity index (χ1v) is 6.34. The second-order valence-corrected chi connectivity index (χ2v) is 4.80. The van der Waals surface area contributed by atoms with Gasteiger partial charge in [0.25, 0.3) is 11.8 Å². The molecule has 0 spiro atoms. The number of rotatable bonds is 8. The summed E-state index contributed by atoms with van der Waals surface area (Å²) in [7, 11) is 1.35.